The van der Waals surface area contributed by atoms with E-state index in [1.807, 2.05) is 45.9 Å². The lowest BCUT2D eigenvalue weighted by atomic mass is 9.92. The molecule has 0 bridgehead atoms. The van der Waals surface area contributed by atoms with Gasteiger partial charge in [0.05, 0.1) is 6.61 Å². The van der Waals surface area contributed by atoms with Crippen LogP contribution in [0.25, 0.3) is 0 Å². The second kappa shape index (κ2) is 8.90. The Labute approximate surface area is 162 Å². The van der Waals surface area contributed by atoms with E-state index < -0.39 is 11.9 Å². The fourth-order valence-corrected chi connectivity index (χ4v) is 3.08. The fourth-order valence-electron chi connectivity index (χ4n) is 2.96. The standard InChI is InChI=1S/C22H29ClO3/c1-6-8-9-15(3)21-19(14-25-22(4,5)26-21)18(7-2)20(24)16-10-12-17(23)13-11-16/h7,9-13,20,24H,6,8,14H2,1-5H3/b15-9-,18-7+/t20-/m0/s1. The molecule has 2 rings (SSSR count). The molecule has 1 aliphatic heterocycles. The van der Waals surface area contributed by atoms with Gasteiger partial charge < -0.3 is 14.6 Å². The highest BCUT2D eigenvalue weighted by atomic mass is 35.5. The van der Waals surface area contributed by atoms with Crippen LogP contribution in [-0.4, -0.2) is 17.5 Å². The van der Waals surface area contributed by atoms with Crippen LogP contribution in [0, 0.1) is 0 Å². The minimum Gasteiger partial charge on any atom is -0.462 e. The van der Waals surface area contributed by atoms with Crippen molar-refractivity contribution in [1.82, 2.24) is 0 Å². The first-order valence-corrected chi connectivity index (χ1v) is 9.50. The number of benzene rings is 1. The van der Waals surface area contributed by atoms with E-state index in [-0.39, 0.29) is 0 Å². The van der Waals surface area contributed by atoms with Gasteiger partial charge in [0.25, 0.3) is 0 Å². The van der Waals surface area contributed by atoms with Crippen molar-refractivity contribution in [3.8, 4) is 0 Å². The number of ether oxygens (including phenoxy) is 2. The van der Waals surface area contributed by atoms with E-state index in [1.54, 1.807) is 12.1 Å². The maximum Gasteiger partial charge on any atom is 0.205 e. The molecule has 1 aliphatic rings. The molecule has 0 saturated carbocycles. The third-order valence-electron chi connectivity index (χ3n) is 4.42. The molecule has 1 heterocycles. The zero-order valence-corrected chi connectivity index (χ0v) is 17.1. The van der Waals surface area contributed by atoms with Gasteiger partial charge in [-0.15, -0.1) is 0 Å². The van der Waals surface area contributed by atoms with Crippen LogP contribution in [0.2, 0.25) is 5.02 Å². The second-order valence-corrected chi connectivity index (χ2v) is 7.41. The number of halogens is 1. The van der Waals surface area contributed by atoms with Crippen molar-refractivity contribution in [3.05, 3.63) is 69.5 Å². The molecule has 0 amide bonds. The molecule has 142 valence electrons. The van der Waals surface area contributed by atoms with E-state index in [0.717, 1.165) is 40.9 Å². The maximum atomic E-state index is 11.0. The lowest BCUT2D eigenvalue weighted by molar-refractivity contribution is -0.197. The molecule has 3 nitrogen and oxygen atoms in total. The summed E-state index contributed by atoms with van der Waals surface area (Å²) in [5.41, 5.74) is 3.54. The van der Waals surface area contributed by atoms with E-state index >= 15 is 0 Å². The van der Waals surface area contributed by atoms with E-state index in [4.69, 9.17) is 21.1 Å². The molecule has 0 aromatic heterocycles. The highest BCUT2D eigenvalue weighted by molar-refractivity contribution is 6.30. The van der Waals surface area contributed by atoms with Gasteiger partial charge in [0.1, 0.15) is 11.9 Å². The summed E-state index contributed by atoms with van der Waals surface area (Å²) in [4.78, 5) is 0. The molecule has 1 atom stereocenters. The Morgan fingerprint density at radius 2 is 1.96 bits per heavy atom. The summed E-state index contributed by atoms with van der Waals surface area (Å²) in [7, 11) is 0. The molecule has 0 radical (unpaired) electrons. The zero-order valence-electron chi connectivity index (χ0n) is 16.3. The third-order valence-corrected chi connectivity index (χ3v) is 4.68. The molecular formula is C22H29ClO3. The Balaban J connectivity index is 2.46. The average Bonchev–Trinajstić information content (AvgIpc) is 2.61. The average molecular weight is 377 g/mol. The lowest BCUT2D eigenvalue weighted by Gasteiger charge is -2.36. The number of hydrogen-bond acceptors (Lipinski definition) is 3. The van der Waals surface area contributed by atoms with E-state index in [0.29, 0.717) is 11.6 Å². The van der Waals surface area contributed by atoms with Crippen LogP contribution < -0.4 is 0 Å². The molecule has 4 heteroatoms. The Morgan fingerprint density at radius 1 is 1.31 bits per heavy atom. The van der Waals surface area contributed by atoms with Crippen LogP contribution >= 0.6 is 11.6 Å². The maximum absolute atomic E-state index is 11.0. The van der Waals surface area contributed by atoms with Crippen molar-refractivity contribution in [2.24, 2.45) is 0 Å². The number of aliphatic hydroxyl groups is 1. The van der Waals surface area contributed by atoms with Gasteiger partial charge in [-0.25, -0.2) is 0 Å². The second-order valence-electron chi connectivity index (χ2n) is 6.97. The summed E-state index contributed by atoms with van der Waals surface area (Å²) < 4.78 is 12.0. The summed E-state index contributed by atoms with van der Waals surface area (Å²) in [5.74, 6) is 0.111. The first-order valence-electron chi connectivity index (χ1n) is 9.12. The van der Waals surface area contributed by atoms with Crippen molar-refractivity contribution >= 4 is 11.6 Å². The normalized spacial score (nSPS) is 19.3. The predicted octanol–water partition coefficient (Wildman–Crippen LogP) is 6.10. The first-order chi connectivity index (χ1) is 12.3. The van der Waals surface area contributed by atoms with Gasteiger partial charge in [0.2, 0.25) is 5.79 Å². The van der Waals surface area contributed by atoms with E-state index in [9.17, 15) is 5.11 Å². The van der Waals surface area contributed by atoms with Gasteiger partial charge in [-0.05, 0) is 49.1 Å². The Morgan fingerprint density at radius 3 is 2.54 bits per heavy atom. The van der Waals surface area contributed by atoms with Crippen LogP contribution in [-0.2, 0) is 9.47 Å². The van der Waals surface area contributed by atoms with Gasteiger partial charge in [-0.1, -0.05) is 49.2 Å². The van der Waals surface area contributed by atoms with Crippen molar-refractivity contribution in [1.29, 1.82) is 0 Å². The SMILES string of the molecule is C/C=C(C1=C(/C(C)=C\CCC)OC(C)(C)OC1)/[C@@H](O)c1ccc(Cl)cc1. The van der Waals surface area contributed by atoms with Crippen LogP contribution in [0.15, 0.2) is 58.9 Å². The van der Waals surface area contributed by atoms with Crippen LogP contribution in [0.4, 0.5) is 0 Å². The lowest BCUT2D eigenvalue weighted by Crippen LogP contribution is -2.35. The number of unbranched alkanes of at least 4 members (excludes halogenated alkanes) is 1. The Bertz CT molecular complexity index is 711. The van der Waals surface area contributed by atoms with Gasteiger partial charge in [0, 0.05) is 24.4 Å². The van der Waals surface area contributed by atoms with Crippen LogP contribution in [0.3, 0.4) is 0 Å². The summed E-state index contributed by atoms with van der Waals surface area (Å²) >= 11 is 5.97. The molecule has 0 fully saturated rings. The summed E-state index contributed by atoms with van der Waals surface area (Å²) in [6.45, 7) is 10.3. The molecule has 1 aromatic rings. The number of allylic oxidation sites excluding steroid dienone is 3. The summed E-state index contributed by atoms with van der Waals surface area (Å²) in [6, 6.07) is 7.24. The van der Waals surface area contributed by atoms with E-state index in [1.165, 1.54) is 0 Å². The Hall–Kier alpha value is -1.55. The molecule has 1 N–H and O–H groups in total. The third kappa shape index (κ3) is 5.00. The van der Waals surface area contributed by atoms with Gasteiger partial charge in [-0.2, -0.15) is 0 Å². The largest absolute Gasteiger partial charge is 0.462 e. The van der Waals surface area contributed by atoms with Crippen molar-refractivity contribution in [3.63, 3.8) is 0 Å². The zero-order chi connectivity index (χ0) is 19.3. The highest BCUT2D eigenvalue weighted by Gasteiger charge is 2.32. The minimum absolute atomic E-state index is 0.393. The van der Waals surface area contributed by atoms with Crippen molar-refractivity contribution in [2.45, 2.75) is 59.4 Å². The topological polar surface area (TPSA) is 38.7 Å². The first kappa shape index (κ1) is 20.8. The fraction of sp³-hybridized carbons (Fsp3) is 0.455. The number of rotatable bonds is 6. The Kier molecular flexibility index (Phi) is 7.10. The molecule has 0 spiro atoms. The van der Waals surface area contributed by atoms with Gasteiger partial charge in [0.15, 0.2) is 0 Å². The van der Waals surface area contributed by atoms with Crippen molar-refractivity contribution in [2.75, 3.05) is 6.61 Å². The smallest absolute Gasteiger partial charge is 0.205 e. The summed E-state index contributed by atoms with van der Waals surface area (Å²) in [5, 5.41) is 11.6. The molecule has 26 heavy (non-hydrogen) atoms. The van der Waals surface area contributed by atoms with Gasteiger partial charge in [-0.3, -0.25) is 0 Å². The summed E-state index contributed by atoms with van der Waals surface area (Å²) in [6.07, 6.45) is 5.39. The molecule has 0 aliphatic carbocycles. The van der Waals surface area contributed by atoms with Crippen molar-refractivity contribution < 1.29 is 14.6 Å². The monoisotopic (exact) mass is 376 g/mol. The molecule has 0 saturated heterocycles. The molecular weight excluding hydrogens is 348 g/mol. The number of hydrogen-bond donors (Lipinski definition) is 1. The van der Waals surface area contributed by atoms with E-state index in [2.05, 4.69) is 13.0 Å². The minimum atomic E-state index is -0.769. The van der Waals surface area contributed by atoms with Gasteiger partial charge >= 0.3 is 0 Å². The van der Waals surface area contributed by atoms with Crippen LogP contribution in [0.5, 0.6) is 0 Å². The quantitative estimate of drug-likeness (QED) is 0.651. The van der Waals surface area contributed by atoms with Crippen LogP contribution in [0.1, 0.15) is 59.1 Å². The highest BCUT2D eigenvalue weighted by Crippen LogP contribution is 2.37. The molecule has 1 aromatic carbocycles. The number of aliphatic hydroxyl groups excluding tert-OH is 1. The predicted molar refractivity (Wildman–Crippen MR) is 107 cm³/mol. The molecule has 0 unspecified atom stereocenters.